The van der Waals surface area contributed by atoms with Crippen molar-refractivity contribution >= 4 is 35.1 Å². The molecule has 2 rings (SSSR count). The third-order valence-corrected chi connectivity index (χ3v) is 3.18. The highest BCUT2D eigenvalue weighted by Gasteiger charge is 2.01. The Balaban J connectivity index is 0.000000375. The summed E-state index contributed by atoms with van der Waals surface area (Å²) in [4.78, 5) is 20.6. The molecule has 0 radical (unpaired) electrons. The van der Waals surface area contributed by atoms with Gasteiger partial charge >= 0.3 is 11.9 Å². The summed E-state index contributed by atoms with van der Waals surface area (Å²) in [6.07, 6.45) is 1.44. The molecule has 0 bridgehead atoms. The van der Waals surface area contributed by atoms with E-state index in [-0.39, 0.29) is 24.3 Å². The lowest BCUT2D eigenvalue weighted by Gasteiger charge is -1.92. The number of rotatable bonds is 5. The van der Waals surface area contributed by atoms with Crippen LogP contribution in [0.2, 0.25) is 10.0 Å². The van der Waals surface area contributed by atoms with Crippen LogP contribution < -0.4 is 0 Å². The topological polar surface area (TPSA) is 115 Å². The standard InChI is InChI=1S/2C7H5ClO2.C4H10O2/c2*8-6-3-1-2-5(4-6)7(9)10;5-3-1-2-4-6/h2*1-4H,(H,9,10);5-6H,1-4H2. The monoisotopic (exact) mass is 402 g/mol. The van der Waals surface area contributed by atoms with Gasteiger partial charge in [-0.3, -0.25) is 0 Å². The molecule has 0 amide bonds. The van der Waals surface area contributed by atoms with Crippen molar-refractivity contribution in [3.8, 4) is 0 Å². The molecule has 0 saturated carbocycles. The quantitative estimate of drug-likeness (QED) is 0.564. The summed E-state index contributed by atoms with van der Waals surface area (Å²) < 4.78 is 0. The molecule has 0 heterocycles. The first-order valence-corrected chi connectivity index (χ1v) is 8.26. The van der Waals surface area contributed by atoms with E-state index in [1.165, 1.54) is 24.3 Å². The fourth-order valence-electron chi connectivity index (χ4n) is 1.47. The van der Waals surface area contributed by atoms with E-state index in [2.05, 4.69) is 0 Å². The molecular formula is C18H20Cl2O6. The number of unbranched alkanes of at least 4 members (excludes halogenated alkanes) is 1. The number of aliphatic hydroxyl groups is 2. The molecule has 142 valence electrons. The number of benzene rings is 2. The van der Waals surface area contributed by atoms with Crippen LogP contribution >= 0.6 is 23.2 Å². The maximum Gasteiger partial charge on any atom is 0.335 e. The second-order valence-electron chi connectivity index (χ2n) is 4.79. The summed E-state index contributed by atoms with van der Waals surface area (Å²) in [5, 5.41) is 34.0. The number of aromatic carboxylic acids is 2. The Morgan fingerprint density at radius 3 is 1.27 bits per heavy atom. The van der Waals surface area contributed by atoms with Crippen LogP contribution in [0.4, 0.5) is 0 Å². The number of halogens is 2. The van der Waals surface area contributed by atoms with Crippen LogP contribution in [0.5, 0.6) is 0 Å². The smallest absolute Gasteiger partial charge is 0.335 e. The van der Waals surface area contributed by atoms with E-state index in [1.807, 2.05) is 0 Å². The minimum Gasteiger partial charge on any atom is -0.478 e. The Kier molecular flexibility index (Phi) is 12.9. The number of hydrogen-bond acceptors (Lipinski definition) is 4. The Labute approximate surface area is 161 Å². The second kappa shape index (κ2) is 14.1. The molecule has 0 aliphatic heterocycles. The van der Waals surface area contributed by atoms with Crippen molar-refractivity contribution in [3.05, 3.63) is 69.7 Å². The Hall–Kier alpha value is -2.12. The van der Waals surface area contributed by atoms with Crippen molar-refractivity contribution in [2.45, 2.75) is 12.8 Å². The lowest BCUT2D eigenvalue weighted by molar-refractivity contribution is 0.0686. The summed E-state index contributed by atoms with van der Waals surface area (Å²) in [7, 11) is 0. The molecule has 0 aliphatic rings. The summed E-state index contributed by atoms with van der Waals surface area (Å²) in [6.45, 7) is 0.390. The van der Waals surface area contributed by atoms with Crippen molar-refractivity contribution in [2.24, 2.45) is 0 Å². The minimum atomic E-state index is -0.956. The van der Waals surface area contributed by atoms with Gasteiger partial charge in [-0.15, -0.1) is 0 Å². The van der Waals surface area contributed by atoms with Crippen molar-refractivity contribution in [3.63, 3.8) is 0 Å². The van der Waals surface area contributed by atoms with Gasteiger partial charge in [0.2, 0.25) is 0 Å². The largest absolute Gasteiger partial charge is 0.478 e. The van der Waals surface area contributed by atoms with Crippen molar-refractivity contribution in [2.75, 3.05) is 13.2 Å². The molecule has 2 aromatic carbocycles. The molecule has 0 atom stereocenters. The second-order valence-corrected chi connectivity index (χ2v) is 5.66. The van der Waals surface area contributed by atoms with Crippen LogP contribution in [0, 0.1) is 0 Å². The van der Waals surface area contributed by atoms with Crippen molar-refractivity contribution in [1.29, 1.82) is 0 Å². The molecule has 4 N–H and O–H groups in total. The average Bonchev–Trinajstić information content (AvgIpc) is 2.61. The highest BCUT2D eigenvalue weighted by molar-refractivity contribution is 6.31. The van der Waals surface area contributed by atoms with Gasteiger partial charge in [0.25, 0.3) is 0 Å². The summed E-state index contributed by atoms with van der Waals surface area (Å²) in [5.41, 5.74) is 0.431. The van der Waals surface area contributed by atoms with Crippen molar-refractivity contribution in [1.82, 2.24) is 0 Å². The van der Waals surface area contributed by atoms with Crippen LogP contribution in [0.15, 0.2) is 48.5 Å². The van der Waals surface area contributed by atoms with E-state index in [0.29, 0.717) is 10.0 Å². The minimum absolute atomic E-state index is 0.195. The van der Waals surface area contributed by atoms with Gasteiger partial charge in [-0.25, -0.2) is 9.59 Å². The number of carboxylic acids is 2. The highest BCUT2D eigenvalue weighted by Crippen LogP contribution is 2.10. The molecular weight excluding hydrogens is 383 g/mol. The summed E-state index contributed by atoms with van der Waals surface area (Å²) >= 11 is 11.1. The SMILES string of the molecule is O=C(O)c1cccc(Cl)c1.O=C(O)c1cccc(Cl)c1.OCCCCO. The van der Waals surface area contributed by atoms with Gasteiger partial charge in [0.15, 0.2) is 0 Å². The first-order valence-electron chi connectivity index (χ1n) is 7.51. The lowest BCUT2D eigenvalue weighted by atomic mass is 10.2. The number of carboxylic acid groups (broad SMARTS) is 2. The van der Waals surface area contributed by atoms with Crippen LogP contribution in [-0.4, -0.2) is 45.6 Å². The van der Waals surface area contributed by atoms with Gasteiger partial charge in [0, 0.05) is 23.3 Å². The summed E-state index contributed by atoms with van der Waals surface area (Å²) in [5.74, 6) is -1.91. The molecule has 0 spiro atoms. The predicted octanol–water partition coefficient (Wildman–Crippen LogP) is 3.83. The average molecular weight is 403 g/mol. The first kappa shape index (κ1) is 23.9. The lowest BCUT2D eigenvalue weighted by Crippen LogP contribution is -1.94. The van der Waals surface area contributed by atoms with Gasteiger partial charge < -0.3 is 20.4 Å². The van der Waals surface area contributed by atoms with E-state index < -0.39 is 11.9 Å². The highest BCUT2D eigenvalue weighted by atomic mass is 35.5. The third-order valence-electron chi connectivity index (χ3n) is 2.71. The molecule has 0 fully saturated rings. The van der Waals surface area contributed by atoms with Gasteiger partial charge in [-0.05, 0) is 49.2 Å². The molecule has 0 saturated heterocycles. The van der Waals surface area contributed by atoms with E-state index in [4.69, 9.17) is 43.6 Å². The maximum atomic E-state index is 10.3. The Morgan fingerprint density at radius 2 is 1.08 bits per heavy atom. The number of aliphatic hydroxyl groups excluding tert-OH is 2. The van der Waals surface area contributed by atoms with Crippen LogP contribution in [-0.2, 0) is 0 Å². The van der Waals surface area contributed by atoms with E-state index in [9.17, 15) is 9.59 Å². The molecule has 0 aromatic heterocycles. The molecule has 0 unspecified atom stereocenters. The zero-order valence-electron chi connectivity index (χ0n) is 13.8. The molecule has 0 aliphatic carbocycles. The van der Waals surface area contributed by atoms with Crippen LogP contribution in [0.25, 0.3) is 0 Å². The molecule has 8 heteroatoms. The van der Waals surface area contributed by atoms with Crippen LogP contribution in [0.3, 0.4) is 0 Å². The normalized spacial score (nSPS) is 9.23. The van der Waals surface area contributed by atoms with Gasteiger partial charge in [-0.2, -0.15) is 0 Å². The third kappa shape index (κ3) is 11.4. The molecule has 26 heavy (non-hydrogen) atoms. The van der Waals surface area contributed by atoms with E-state index >= 15 is 0 Å². The fourth-order valence-corrected chi connectivity index (χ4v) is 1.85. The number of hydrogen-bond donors (Lipinski definition) is 4. The first-order chi connectivity index (χ1) is 12.3. The van der Waals surface area contributed by atoms with Crippen LogP contribution in [0.1, 0.15) is 33.6 Å². The Bertz CT molecular complexity index is 631. The van der Waals surface area contributed by atoms with E-state index in [0.717, 1.165) is 12.8 Å². The van der Waals surface area contributed by atoms with Gasteiger partial charge in [-0.1, -0.05) is 35.3 Å². The van der Waals surface area contributed by atoms with Crippen molar-refractivity contribution < 1.29 is 30.0 Å². The zero-order chi connectivity index (χ0) is 19.9. The maximum absolute atomic E-state index is 10.3. The Morgan fingerprint density at radius 1 is 0.731 bits per heavy atom. The predicted molar refractivity (Wildman–Crippen MR) is 100 cm³/mol. The van der Waals surface area contributed by atoms with E-state index in [1.54, 1.807) is 24.3 Å². The van der Waals surface area contributed by atoms with Gasteiger partial charge in [0.05, 0.1) is 11.1 Å². The molecule has 2 aromatic rings. The summed E-state index contributed by atoms with van der Waals surface area (Å²) in [6, 6.07) is 12.3. The zero-order valence-corrected chi connectivity index (χ0v) is 15.3. The van der Waals surface area contributed by atoms with Gasteiger partial charge in [0.1, 0.15) is 0 Å². The fraction of sp³-hybridized carbons (Fsp3) is 0.222. The molecule has 6 nitrogen and oxygen atoms in total. The number of carbonyl (C=O) groups is 2.